The van der Waals surface area contributed by atoms with Crippen molar-refractivity contribution in [1.29, 1.82) is 0 Å². The molecule has 1 aliphatic heterocycles. The first-order valence-corrected chi connectivity index (χ1v) is 7.07. The second-order valence-electron chi connectivity index (χ2n) is 5.34. The van der Waals surface area contributed by atoms with Gasteiger partial charge in [-0.25, -0.2) is 0 Å². The SMILES string of the molecule is Cc1cccc2c1N(C(=O)C(C)n1cccn1)CCC2. The summed E-state index contributed by atoms with van der Waals surface area (Å²) < 4.78 is 1.72. The summed E-state index contributed by atoms with van der Waals surface area (Å²) in [6, 6.07) is 7.84. The first kappa shape index (κ1) is 12.9. The van der Waals surface area contributed by atoms with E-state index in [9.17, 15) is 4.79 Å². The van der Waals surface area contributed by atoms with E-state index in [1.54, 1.807) is 10.9 Å². The average molecular weight is 269 g/mol. The molecule has 0 spiro atoms. The van der Waals surface area contributed by atoms with Crippen LogP contribution in [0.4, 0.5) is 5.69 Å². The summed E-state index contributed by atoms with van der Waals surface area (Å²) >= 11 is 0. The van der Waals surface area contributed by atoms with Gasteiger partial charge in [-0.15, -0.1) is 0 Å². The van der Waals surface area contributed by atoms with Crippen LogP contribution >= 0.6 is 0 Å². The molecule has 0 fully saturated rings. The highest BCUT2D eigenvalue weighted by Crippen LogP contribution is 2.31. The monoisotopic (exact) mass is 269 g/mol. The number of para-hydroxylation sites is 1. The van der Waals surface area contributed by atoms with Gasteiger partial charge in [0.1, 0.15) is 6.04 Å². The van der Waals surface area contributed by atoms with Gasteiger partial charge in [0, 0.05) is 24.6 Å². The highest BCUT2D eigenvalue weighted by Gasteiger charge is 2.28. The van der Waals surface area contributed by atoms with E-state index in [0.29, 0.717) is 0 Å². The molecule has 1 aromatic heterocycles. The van der Waals surface area contributed by atoms with Crippen LogP contribution in [-0.2, 0) is 11.2 Å². The summed E-state index contributed by atoms with van der Waals surface area (Å²) in [6.07, 6.45) is 5.62. The summed E-state index contributed by atoms with van der Waals surface area (Å²) in [7, 11) is 0. The van der Waals surface area contributed by atoms with Gasteiger partial charge in [-0.3, -0.25) is 9.48 Å². The first-order valence-electron chi connectivity index (χ1n) is 7.07. The molecule has 0 saturated carbocycles. The molecule has 0 aliphatic carbocycles. The number of fused-ring (bicyclic) bond motifs is 1. The van der Waals surface area contributed by atoms with Crippen molar-refractivity contribution in [3.63, 3.8) is 0 Å². The number of nitrogens with zero attached hydrogens (tertiary/aromatic N) is 3. The van der Waals surface area contributed by atoms with Crippen molar-refractivity contribution in [2.75, 3.05) is 11.4 Å². The second kappa shape index (κ2) is 5.12. The average Bonchev–Trinajstić information content (AvgIpc) is 2.99. The lowest BCUT2D eigenvalue weighted by molar-refractivity contribution is -0.121. The van der Waals surface area contributed by atoms with Gasteiger partial charge in [-0.2, -0.15) is 5.10 Å². The Morgan fingerprint density at radius 1 is 1.35 bits per heavy atom. The van der Waals surface area contributed by atoms with Crippen molar-refractivity contribution >= 4 is 11.6 Å². The maximum Gasteiger partial charge on any atom is 0.251 e. The number of anilines is 1. The van der Waals surface area contributed by atoms with E-state index in [-0.39, 0.29) is 11.9 Å². The molecule has 4 heteroatoms. The van der Waals surface area contributed by atoms with Gasteiger partial charge >= 0.3 is 0 Å². The van der Waals surface area contributed by atoms with E-state index in [4.69, 9.17) is 0 Å². The number of aromatic nitrogens is 2. The number of rotatable bonds is 2. The van der Waals surface area contributed by atoms with Crippen LogP contribution in [0.3, 0.4) is 0 Å². The first-order chi connectivity index (χ1) is 9.68. The fourth-order valence-corrected chi connectivity index (χ4v) is 2.92. The third-order valence-electron chi connectivity index (χ3n) is 3.96. The van der Waals surface area contributed by atoms with Crippen LogP contribution in [0.2, 0.25) is 0 Å². The standard InChI is InChI=1S/C16H19N3O/c1-12-6-3-7-14-8-4-10-18(15(12)14)16(20)13(2)19-11-5-9-17-19/h3,5-7,9,11,13H,4,8,10H2,1-2H3. The minimum atomic E-state index is -0.268. The highest BCUT2D eigenvalue weighted by molar-refractivity contribution is 5.97. The van der Waals surface area contributed by atoms with Crippen molar-refractivity contribution in [2.45, 2.75) is 32.7 Å². The number of amides is 1. The number of hydrogen-bond donors (Lipinski definition) is 0. The summed E-state index contributed by atoms with van der Waals surface area (Å²) in [5.74, 6) is 0.115. The molecule has 20 heavy (non-hydrogen) atoms. The minimum Gasteiger partial charge on any atom is -0.310 e. The molecule has 4 nitrogen and oxygen atoms in total. The molecule has 2 heterocycles. The Bertz CT molecular complexity index is 619. The number of aryl methyl sites for hydroxylation is 2. The molecule has 1 aromatic carbocycles. The van der Waals surface area contributed by atoms with E-state index in [1.807, 2.05) is 24.1 Å². The molecular weight excluding hydrogens is 250 g/mol. The van der Waals surface area contributed by atoms with E-state index in [2.05, 4.69) is 30.2 Å². The molecule has 1 atom stereocenters. The van der Waals surface area contributed by atoms with Crippen LogP contribution in [-0.4, -0.2) is 22.2 Å². The van der Waals surface area contributed by atoms with Crippen LogP contribution in [0.1, 0.15) is 30.5 Å². The Hall–Kier alpha value is -2.10. The molecule has 1 aliphatic rings. The molecule has 1 amide bonds. The number of carbonyl (C=O) groups excluding carboxylic acids is 1. The van der Waals surface area contributed by atoms with Crippen LogP contribution in [0, 0.1) is 6.92 Å². The van der Waals surface area contributed by atoms with E-state index < -0.39 is 0 Å². The van der Waals surface area contributed by atoms with Gasteiger partial charge in [-0.1, -0.05) is 18.2 Å². The zero-order valence-corrected chi connectivity index (χ0v) is 11.9. The summed E-state index contributed by atoms with van der Waals surface area (Å²) in [5.41, 5.74) is 3.54. The van der Waals surface area contributed by atoms with Gasteiger partial charge in [-0.05, 0) is 43.9 Å². The van der Waals surface area contributed by atoms with Crippen LogP contribution in [0.15, 0.2) is 36.7 Å². The minimum absolute atomic E-state index is 0.115. The Labute approximate surface area is 119 Å². The van der Waals surface area contributed by atoms with Gasteiger partial charge in [0.25, 0.3) is 5.91 Å². The fourth-order valence-electron chi connectivity index (χ4n) is 2.92. The second-order valence-corrected chi connectivity index (χ2v) is 5.34. The van der Waals surface area contributed by atoms with Gasteiger partial charge < -0.3 is 4.90 Å². The molecule has 0 saturated heterocycles. The lowest BCUT2D eigenvalue weighted by Crippen LogP contribution is -2.40. The molecule has 0 radical (unpaired) electrons. The van der Waals surface area contributed by atoms with Gasteiger partial charge in [0.2, 0.25) is 0 Å². The number of benzene rings is 1. The molecule has 104 valence electrons. The zero-order chi connectivity index (χ0) is 14.1. The maximum absolute atomic E-state index is 12.8. The lowest BCUT2D eigenvalue weighted by Gasteiger charge is -2.32. The van der Waals surface area contributed by atoms with Crippen LogP contribution < -0.4 is 4.90 Å². The third-order valence-corrected chi connectivity index (χ3v) is 3.96. The van der Waals surface area contributed by atoms with Crippen LogP contribution in [0.5, 0.6) is 0 Å². The Morgan fingerprint density at radius 3 is 2.95 bits per heavy atom. The van der Waals surface area contributed by atoms with Crippen LogP contribution in [0.25, 0.3) is 0 Å². The predicted octanol–water partition coefficient (Wildman–Crippen LogP) is 2.73. The summed E-state index contributed by atoms with van der Waals surface area (Å²) in [4.78, 5) is 14.7. The number of hydrogen-bond acceptors (Lipinski definition) is 2. The molecular formula is C16H19N3O. The Kier molecular flexibility index (Phi) is 3.30. The molecule has 1 unspecified atom stereocenters. The predicted molar refractivity (Wildman–Crippen MR) is 78.8 cm³/mol. The zero-order valence-electron chi connectivity index (χ0n) is 11.9. The van der Waals surface area contributed by atoms with Gasteiger partial charge in [0.05, 0.1) is 0 Å². The van der Waals surface area contributed by atoms with Crippen molar-refractivity contribution in [3.8, 4) is 0 Å². The maximum atomic E-state index is 12.8. The largest absolute Gasteiger partial charge is 0.310 e. The molecule has 0 bridgehead atoms. The third kappa shape index (κ3) is 2.11. The summed E-state index contributed by atoms with van der Waals surface area (Å²) in [5, 5.41) is 4.18. The lowest BCUT2D eigenvalue weighted by atomic mass is 9.97. The molecule has 0 N–H and O–H groups in total. The van der Waals surface area contributed by atoms with Gasteiger partial charge in [0.15, 0.2) is 0 Å². The molecule has 3 rings (SSSR count). The Morgan fingerprint density at radius 2 is 2.20 bits per heavy atom. The normalized spacial score (nSPS) is 15.8. The molecule has 2 aromatic rings. The highest BCUT2D eigenvalue weighted by atomic mass is 16.2. The van der Waals surface area contributed by atoms with Crippen molar-refractivity contribution < 1.29 is 4.79 Å². The topological polar surface area (TPSA) is 38.1 Å². The van der Waals surface area contributed by atoms with Crippen molar-refractivity contribution in [3.05, 3.63) is 47.8 Å². The van der Waals surface area contributed by atoms with Crippen molar-refractivity contribution in [1.82, 2.24) is 9.78 Å². The summed E-state index contributed by atoms with van der Waals surface area (Å²) in [6.45, 7) is 4.77. The van der Waals surface area contributed by atoms with E-state index in [1.165, 1.54) is 11.1 Å². The van der Waals surface area contributed by atoms with Crippen molar-refractivity contribution in [2.24, 2.45) is 0 Å². The Balaban J connectivity index is 1.95. The number of carbonyl (C=O) groups is 1. The fraction of sp³-hybridized carbons (Fsp3) is 0.375. The van der Waals surface area contributed by atoms with E-state index >= 15 is 0 Å². The van der Waals surface area contributed by atoms with E-state index in [0.717, 1.165) is 25.1 Å². The smallest absolute Gasteiger partial charge is 0.251 e. The quantitative estimate of drug-likeness (QED) is 0.840.